The van der Waals surface area contributed by atoms with Crippen LogP contribution in [0.3, 0.4) is 0 Å². The van der Waals surface area contributed by atoms with Gasteiger partial charge in [0.2, 0.25) is 0 Å². The van der Waals surface area contributed by atoms with Gasteiger partial charge in [-0.2, -0.15) is 0 Å². The van der Waals surface area contributed by atoms with E-state index in [-0.39, 0.29) is 12.0 Å². The molecular weight excluding hydrogens is 340 g/mol. The number of benzene rings is 2. The van der Waals surface area contributed by atoms with Crippen LogP contribution in [0.15, 0.2) is 48.8 Å². The lowest BCUT2D eigenvalue weighted by molar-refractivity contribution is 0.0991. The number of carbonyl (C=O) groups is 1. The van der Waals surface area contributed by atoms with E-state index in [9.17, 15) is 4.79 Å². The summed E-state index contributed by atoms with van der Waals surface area (Å²) < 4.78 is 7.59. The van der Waals surface area contributed by atoms with Gasteiger partial charge in [-0.05, 0) is 41.8 Å². The minimum Gasteiger partial charge on any atom is -0.376 e. The fourth-order valence-electron chi connectivity index (χ4n) is 3.58. The van der Waals surface area contributed by atoms with Crippen LogP contribution < -0.4 is 4.90 Å². The third kappa shape index (κ3) is 3.13. The van der Waals surface area contributed by atoms with Crippen LogP contribution in [-0.4, -0.2) is 27.8 Å². The van der Waals surface area contributed by atoms with Gasteiger partial charge in [-0.3, -0.25) is 4.79 Å². The van der Waals surface area contributed by atoms with Gasteiger partial charge in [-0.1, -0.05) is 24.3 Å². The number of nitrogens with zero attached hydrogens (tertiary/aromatic N) is 4. The Kier molecular flexibility index (Phi) is 4.49. The van der Waals surface area contributed by atoms with Crippen molar-refractivity contribution in [3.8, 4) is 0 Å². The van der Waals surface area contributed by atoms with E-state index in [4.69, 9.17) is 4.74 Å². The van der Waals surface area contributed by atoms with Crippen molar-refractivity contribution in [2.75, 3.05) is 12.0 Å². The maximum Gasteiger partial charge on any atom is 0.258 e. The summed E-state index contributed by atoms with van der Waals surface area (Å²) in [4.78, 5) is 14.7. The molecular formula is C21H22N4O2. The molecule has 6 nitrogen and oxygen atoms in total. The van der Waals surface area contributed by atoms with Crippen LogP contribution in [0.1, 0.15) is 39.0 Å². The van der Waals surface area contributed by atoms with Gasteiger partial charge < -0.3 is 14.2 Å². The number of carbonyl (C=O) groups excluding carboxylic acids is 1. The number of hydrogen-bond donors (Lipinski definition) is 0. The van der Waals surface area contributed by atoms with E-state index in [1.807, 2.05) is 65.9 Å². The average molecular weight is 362 g/mol. The average Bonchev–Trinajstić information content (AvgIpc) is 3.24. The Balaban J connectivity index is 1.62. The highest BCUT2D eigenvalue weighted by molar-refractivity contribution is 6.10. The molecule has 0 aliphatic carbocycles. The molecule has 1 amide bonds. The molecule has 0 bridgehead atoms. The smallest absolute Gasteiger partial charge is 0.258 e. The second-order valence-electron chi connectivity index (χ2n) is 6.87. The number of anilines is 1. The predicted octanol–water partition coefficient (Wildman–Crippen LogP) is 3.21. The monoisotopic (exact) mass is 362 g/mol. The molecule has 6 heteroatoms. The first-order valence-electron chi connectivity index (χ1n) is 8.94. The highest BCUT2D eigenvalue weighted by Gasteiger charge is 2.29. The Hall–Kier alpha value is -2.99. The van der Waals surface area contributed by atoms with E-state index in [0.29, 0.717) is 13.0 Å². The number of amides is 1. The Morgan fingerprint density at radius 1 is 1.22 bits per heavy atom. The maximum atomic E-state index is 12.9. The van der Waals surface area contributed by atoms with E-state index < -0.39 is 0 Å². The van der Waals surface area contributed by atoms with Crippen molar-refractivity contribution in [1.29, 1.82) is 0 Å². The van der Waals surface area contributed by atoms with Crippen LogP contribution in [0.2, 0.25) is 0 Å². The van der Waals surface area contributed by atoms with E-state index >= 15 is 0 Å². The van der Waals surface area contributed by atoms with Crippen molar-refractivity contribution in [2.45, 2.75) is 26.0 Å². The first kappa shape index (κ1) is 17.4. The SMILES string of the molecule is COC(Cc1nncn1C)c1cccc(N2Cc3c(C)cccc3C2=O)c1. The summed E-state index contributed by atoms with van der Waals surface area (Å²) in [5, 5.41) is 8.08. The highest BCUT2D eigenvalue weighted by Crippen LogP contribution is 2.32. The summed E-state index contributed by atoms with van der Waals surface area (Å²) >= 11 is 0. The van der Waals surface area contributed by atoms with Crippen LogP contribution in [0.4, 0.5) is 5.69 Å². The summed E-state index contributed by atoms with van der Waals surface area (Å²) in [6, 6.07) is 13.9. The lowest BCUT2D eigenvalue weighted by Crippen LogP contribution is -2.23. The number of aryl methyl sites for hydroxylation is 2. The summed E-state index contributed by atoms with van der Waals surface area (Å²) in [6.07, 6.45) is 2.14. The summed E-state index contributed by atoms with van der Waals surface area (Å²) in [6.45, 7) is 2.65. The van der Waals surface area contributed by atoms with Crippen LogP contribution in [-0.2, 0) is 24.8 Å². The number of aromatic nitrogens is 3. The molecule has 2 heterocycles. The topological polar surface area (TPSA) is 60.3 Å². The third-order valence-electron chi connectivity index (χ3n) is 5.21. The molecule has 3 aromatic rings. The number of methoxy groups -OCH3 is 1. The van der Waals surface area contributed by atoms with Crippen LogP contribution in [0.5, 0.6) is 0 Å². The van der Waals surface area contributed by atoms with Crippen molar-refractivity contribution in [3.05, 3.63) is 76.9 Å². The van der Waals surface area contributed by atoms with Crippen molar-refractivity contribution >= 4 is 11.6 Å². The molecule has 1 atom stereocenters. The molecule has 0 fully saturated rings. The lowest BCUT2D eigenvalue weighted by Gasteiger charge is -2.20. The molecule has 0 saturated heterocycles. The largest absolute Gasteiger partial charge is 0.376 e. The number of rotatable bonds is 5. The Morgan fingerprint density at radius 3 is 2.74 bits per heavy atom. The van der Waals surface area contributed by atoms with Gasteiger partial charge in [0, 0.05) is 31.8 Å². The van der Waals surface area contributed by atoms with Gasteiger partial charge in [0.1, 0.15) is 12.2 Å². The van der Waals surface area contributed by atoms with Gasteiger partial charge in [0.25, 0.3) is 5.91 Å². The summed E-state index contributed by atoms with van der Waals surface area (Å²) in [7, 11) is 3.61. The zero-order chi connectivity index (χ0) is 19.0. The van der Waals surface area contributed by atoms with E-state index in [1.54, 1.807) is 13.4 Å². The van der Waals surface area contributed by atoms with E-state index in [0.717, 1.165) is 33.8 Å². The number of hydrogen-bond acceptors (Lipinski definition) is 4. The molecule has 1 aromatic heterocycles. The molecule has 4 rings (SSSR count). The zero-order valence-electron chi connectivity index (χ0n) is 15.7. The van der Waals surface area contributed by atoms with Gasteiger partial charge >= 0.3 is 0 Å². The molecule has 1 aliphatic rings. The third-order valence-corrected chi connectivity index (χ3v) is 5.21. The second-order valence-corrected chi connectivity index (χ2v) is 6.87. The Morgan fingerprint density at radius 2 is 2.04 bits per heavy atom. The Labute approximate surface area is 158 Å². The van der Waals surface area contributed by atoms with Crippen LogP contribution in [0, 0.1) is 6.92 Å². The van der Waals surface area contributed by atoms with Gasteiger partial charge in [-0.25, -0.2) is 0 Å². The van der Waals surface area contributed by atoms with Crippen molar-refractivity contribution in [3.63, 3.8) is 0 Å². The number of fused-ring (bicyclic) bond motifs is 1. The first-order chi connectivity index (χ1) is 13.1. The fourth-order valence-corrected chi connectivity index (χ4v) is 3.58. The standard InChI is InChI=1S/C21H22N4O2/c1-14-6-4-9-17-18(14)12-25(21(17)26)16-8-5-7-15(10-16)19(27-3)11-20-23-22-13-24(20)2/h4-10,13,19H,11-12H2,1-3H3. The first-order valence-corrected chi connectivity index (χ1v) is 8.94. The Bertz CT molecular complexity index is 995. The van der Waals surface area contributed by atoms with Crippen molar-refractivity contribution < 1.29 is 9.53 Å². The molecule has 0 spiro atoms. The molecule has 0 radical (unpaired) electrons. The van der Waals surface area contributed by atoms with Crippen molar-refractivity contribution in [2.24, 2.45) is 7.05 Å². The predicted molar refractivity (Wildman–Crippen MR) is 103 cm³/mol. The molecule has 2 aromatic carbocycles. The van der Waals surface area contributed by atoms with Crippen LogP contribution >= 0.6 is 0 Å². The molecule has 0 saturated carbocycles. The molecule has 1 unspecified atom stereocenters. The molecule has 138 valence electrons. The van der Waals surface area contributed by atoms with Gasteiger partial charge in [0.05, 0.1) is 12.6 Å². The van der Waals surface area contributed by atoms with E-state index in [2.05, 4.69) is 10.2 Å². The van der Waals surface area contributed by atoms with Crippen molar-refractivity contribution in [1.82, 2.24) is 14.8 Å². The lowest BCUT2D eigenvalue weighted by atomic mass is 10.0. The van der Waals surface area contributed by atoms with Gasteiger partial charge in [0.15, 0.2) is 0 Å². The number of ether oxygens (including phenoxy) is 1. The quantitative estimate of drug-likeness (QED) is 0.699. The minimum atomic E-state index is -0.158. The normalized spacial score (nSPS) is 14.5. The molecule has 0 N–H and O–H groups in total. The fraction of sp³-hybridized carbons (Fsp3) is 0.286. The minimum absolute atomic E-state index is 0.0492. The molecule has 27 heavy (non-hydrogen) atoms. The van der Waals surface area contributed by atoms with E-state index in [1.165, 1.54) is 0 Å². The second kappa shape index (κ2) is 6.96. The summed E-state index contributed by atoms with van der Waals surface area (Å²) in [5.74, 6) is 0.903. The van der Waals surface area contributed by atoms with Crippen LogP contribution in [0.25, 0.3) is 0 Å². The maximum absolute atomic E-state index is 12.9. The molecule has 1 aliphatic heterocycles. The summed E-state index contributed by atoms with van der Waals surface area (Å²) in [5.41, 5.74) is 4.95. The van der Waals surface area contributed by atoms with Gasteiger partial charge in [-0.15, -0.1) is 10.2 Å². The zero-order valence-corrected chi connectivity index (χ0v) is 15.7. The highest BCUT2D eigenvalue weighted by atomic mass is 16.5.